The molecule has 5 rings (SSSR count). The smallest absolute Gasteiger partial charge is 0.290 e. The van der Waals surface area contributed by atoms with Crippen LogP contribution in [0.15, 0.2) is 18.2 Å². The zero-order valence-electron chi connectivity index (χ0n) is 18.4. The van der Waals surface area contributed by atoms with Gasteiger partial charge in [0.15, 0.2) is 6.61 Å². The van der Waals surface area contributed by atoms with E-state index >= 15 is 0 Å². The Morgan fingerprint density at radius 2 is 2.06 bits per heavy atom. The van der Waals surface area contributed by atoms with E-state index in [1.165, 1.54) is 0 Å². The number of nitrogens with one attached hydrogen (secondary N) is 1. The van der Waals surface area contributed by atoms with E-state index in [4.69, 9.17) is 16.3 Å². The number of anilines is 1. The monoisotopic (exact) mass is 477 g/mol. The maximum Gasteiger partial charge on any atom is 0.290 e. The van der Waals surface area contributed by atoms with Gasteiger partial charge in [0.05, 0.1) is 10.7 Å². The minimum absolute atomic E-state index is 0.0965. The van der Waals surface area contributed by atoms with Crippen molar-refractivity contribution in [2.24, 2.45) is 0 Å². The van der Waals surface area contributed by atoms with Gasteiger partial charge in [-0.25, -0.2) is 9.97 Å². The van der Waals surface area contributed by atoms with Crippen LogP contribution in [-0.2, 0) is 17.1 Å². The van der Waals surface area contributed by atoms with Crippen LogP contribution in [0, 0.1) is 0 Å². The number of hydrogen-bond donors (Lipinski definition) is 1. The van der Waals surface area contributed by atoms with Gasteiger partial charge in [0.1, 0.15) is 11.4 Å². The number of carbonyl (C=O) groups excluding carboxylic acids is 1. The molecule has 2 aliphatic heterocycles. The first kappa shape index (κ1) is 22.3. The molecule has 0 radical (unpaired) electrons. The van der Waals surface area contributed by atoms with Crippen molar-refractivity contribution in [2.45, 2.75) is 38.2 Å². The molecule has 1 N–H and O–H groups in total. The lowest BCUT2D eigenvalue weighted by Gasteiger charge is -2.39. The number of rotatable bonds is 5. The number of amides is 1. The average molecular weight is 478 g/mol. The minimum Gasteiger partial charge on any atom is -0.482 e. The topological polar surface area (TPSA) is 70.6 Å². The number of halogens is 3. The van der Waals surface area contributed by atoms with E-state index in [1.54, 1.807) is 23.1 Å². The maximum atomic E-state index is 14.6. The first-order valence-electron chi connectivity index (χ1n) is 11.3. The van der Waals surface area contributed by atoms with Gasteiger partial charge in [-0.15, -0.1) is 0 Å². The predicted molar refractivity (Wildman–Crippen MR) is 121 cm³/mol. The Kier molecular flexibility index (Phi) is 5.86. The maximum absolute atomic E-state index is 14.6. The van der Waals surface area contributed by atoms with Crippen molar-refractivity contribution in [1.82, 2.24) is 20.2 Å². The van der Waals surface area contributed by atoms with Gasteiger partial charge in [0.2, 0.25) is 5.95 Å². The van der Waals surface area contributed by atoms with Crippen molar-refractivity contribution in [3.8, 4) is 17.0 Å². The fourth-order valence-electron chi connectivity index (χ4n) is 4.50. The Bertz CT molecular complexity index is 1080. The summed E-state index contributed by atoms with van der Waals surface area (Å²) < 4.78 is 34.8. The summed E-state index contributed by atoms with van der Waals surface area (Å²) in [4.78, 5) is 25.0. The van der Waals surface area contributed by atoms with Crippen LogP contribution in [0.4, 0.5) is 14.7 Å². The Morgan fingerprint density at radius 1 is 1.27 bits per heavy atom. The van der Waals surface area contributed by atoms with Crippen molar-refractivity contribution in [2.75, 3.05) is 44.2 Å². The number of benzene rings is 1. The summed E-state index contributed by atoms with van der Waals surface area (Å²) in [7, 11) is 0. The lowest BCUT2D eigenvalue weighted by molar-refractivity contribution is -0.133. The highest BCUT2D eigenvalue weighted by Gasteiger charge is 2.44. The summed E-state index contributed by atoms with van der Waals surface area (Å²) in [6.07, 6.45) is 0.922. The summed E-state index contributed by atoms with van der Waals surface area (Å²) in [6, 6.07) is 5.29. The van der Waals surface area contributed by atoms with Crippen molar-refractivity contribution in [1.29, 1.82) is 0 Å². The Hall–Kier alpha value is -2.52. The molecule has 1 aliphatic carbocycles. The molecule has 3 heterocycles. The van der Waals surface area contributed by atoms with Gasteiger partial charge in [-0.2, -0.15) is 8.78 Å². The van der Waals surface area contributed by atoms with Crippen LogP contribution in [0.5, 0.6) is 5.75 Å². The van der Waals surface area contributed by atoms with Gasteiger partial charge < -0.3 is 19.9 Å². The second-order valence-corrected chi connectivity index (χ2v) is 9.21. The average Bonchev–Trinajstić information content (AvgIpc) is 3.11. The molecule has 1 amide bonds. The number of aromatic nitrogens is 2. The van der Waals surface area contributed by atoms with Gasteiger partial charge in [0.25, 0.3) is 11.8 Å². The second-order valence-electron chi connectivity index (χ2n) is 8.80. The molecule has 2 aromatic rings. The number of carbonyl (C=O) groups is 1. The van der Waals surface area contributed by atoms with Crippen molar-refractivity contribution in [3.63, 3.8) is 0 Å². The third kappa shape index (κ3) is 4.24. The van der Waals surface area contributed by atoms with Crippen LogP contribution in [0.25, 0.3) is 11.3 Å². The summed E-state index contributed by atoms with van der Waals surface area (Å²) in [5, 5.41) is 3.50. The van der Waals surface area contributed by atoms with Gasteiger partial charge >= 0.3 is 0 Å². The number of alkyl halides is 2. The van der Waals surface area contributed by atoms with Gasteiger partial charge in [-0.05, 0) is 38.0 Å². The molecule has 1 aromatic heterocycles. The number of nitrogens with zero attached hydrogens (tertiary/aromatic N) is 4. The fraction of sp³-hybridized carbons (Fsp3) is 0.522. The van der Waals surface area contributed by atoms with E-state index in [0.717, 1.165) is 26.1 Å². The van der Waals surface area contributed by atoms with Crippen LogP contribution < -0.4 is 15.0 Å². The van der Waals surface area contributed by atoms with E-state index in [1.807, 2.05) is 11.8 Å². The molecular formula is C23H26ClF2N5O2. The number of ether oxygens (including phenoxy) is 1. The number of hydrogen-bond acceptors (Lipinski definition) is 6. The molecule has 0 spiro atoms. The van der Waals surface area contributed by atoms with Crippen LogP contribution >= 0.6 is 11.6 Å². The lowest BCUT2D eigenvalue weighted by Crippen LogP contribution is -2.47. The largest absolute Gasteiger partial charge is 0.482 e. The molecular weight excluding hydrogens is 452 g/mol. The minimum atomic E-state index is -2.97. The first-order valence-corrected chi connectivity index (χ1v) is 11.7. The molecule has 2 fully saturated rings. The fourth-order valence-corrected chi connectivity index (χ4v) is 4.74. The summed E-state index contributed by atoms with van der Waals surface area (Å²) in [5.41, 5.74) is 1.40. The normalized spacial score (nSPS) is 21.5. The van der Waals surface area contributed by atoms with E-state index in [0.29, 0.717) is 46.6 Å². The number of fused-ring (bicyclic) bond motifs is 1. The number of piperazine rings is 1. The molecule has 2 saturated heterocycles. The van der Waals surface area contributed by atoms with Gasteiger partial charge in [-0.3, -0.25) is 4.79 Å². The van der Waals surface area contributed by atoms with E-state index < -0.39 is 5.92 Å². The zero-order chi connectivity index (χ0) is 23.2. The van der Waals surface area contributed by atoms with E-state index in [9.17, 15) is 13.6 Å². The molecule has 1 aromatic carbocycles. The summed E-state index contributed by atoms with van der Waals surface area (Å²) in [5.74, 6) is -2.35. The van der Waals surface area contributed by atoms with Crippen LogP contribution in [0.1, 0.15) is 31.0 Å². The van der Waals surface area contributed by atoms with Crippen LogP contribution in [0.2, 0.25) is 5.02 Å². The van der Waals surface area contributed by atoms with Crippen LogP contribution in [0.3, 0.4) is 0 Å². The quantitative estimate of drug-likeness (QED) is 0.713. The highest BCUT2D eigenvalue weighted by molar-refractivity contribution is 6.32. The van der Waals surface area contributed by atoms with Gasteiger partial charge in [-0.1, -0.05) is 11.6 Å². The third-order valence-corrected chi connectivity index (χ3v) is 6.93. The molecule has 10 heteroatoms. The SMILES string of the molecule is C[C@H]1CCN1c1nc(-c2ccc(OCC(=O)N3CCNCC3)c(Cl)c2)c2c(n1)C(F)(F)CC2. The van der Waals surface area contributed by atoms with Crippen LogP contribution in [-0.4, -0.2) is 66.1 Å². The molecule has 0 saturated carbocycles. The molecule has 3 aliphatic rings. The standard InChI is InChI=1S/C23H26ClF2N5O2/c1-14-5-9-31(14)22-28-20(16-4-6-23(25,26)21(16)29-22)15-2-3-18(17(24)12-15)33-13-19(32)30-10-7-27-8-11-30/h2-3,12,14,27H,4-11,13H2,1H3/t14-/m0/s1. The van der Waals surface area contributed by atoms with Crippen molar-refractivity contribution < 1.29 is 18.3 Å². The molecule has 0 bridgehead atoms. The van der Waals surface area contributed by atoms with Crippen molar-refractivity contribution in [3.05, 3.63) is 34.5 Å². The summed E-state index contributed by atoms with van der Waals surface area (Å²) >= 11 is 6.46. The van der Waals surface area contributed by atoms with Crippen molar-refractivity contribution >= 4 is 23.5 Å². The molecule has 1 atom stereocenters. The second kappa shape index (κ2) is 8.68. The highest BCUT2D eigenvalue weighted by Crippen LogP contribution is 2.45. The Morgan fingerprint density at radius 3 is 2.73 bits per heavy atom. The molecule has 33 heavy (non-hydrogen) atoms. The molecule has 7 nitrogen and oxygen atoms in total. The lowest BCUT2D eigenvalue weighted by atomic mass is 10.0. The Balaban J connectivity index is 1.40. The zero-order valence-corrected chi connectivity index (χ0v) is 19.2. The predicted octanol–water partition coefficient (Wildman–Crippen LogP) is 3.24. The Labute approximate surface area is 196 Å². The highest BCUT2D eigenvalue weighted by atomic mass is 35.5. The first-order chi connectivity index (χ1) is 15.8. The molecule has 0 unspecified atom stereocenters. The third-order valence-electron chi connectivity index (χ3n) is 6.63. The molecule has 176 valence electrons. The van der Waals surface area contributed by atoms with Gasteiger partial charge in [0, 0.05) is 56.3 Å². The van der Waals surface area contributed by atoms with E-state index in [-0.39, 0.29) is 37.1 Å². The summed E-state index contributed by atoms with van der Waals surface area (Å²) in [6.45, 7) is 5.50. The van der Waals surface area contributed by atoms with E-state index in [2.05, 4.69) is 15.3 Å².